The lowest BCUT2D eigenvalue weighted by Gasteiger charge is -2.38. The number of benzene rings is 1. The van der Waals surface area contributed by atoms with Crippen LogP contribution in [0.5, 0.6) is 0 Å². The molecule has 3 rings (SSSR count). The van der Waals surface area contributed by atoms with Crippen LogP contribution in [0.25, 0.3) is 0 Å². The van der Waals surface area contributed by atoms with Crippen molar-refractivity contribution in [3.63, 3.8) is 0 Å². The summed E-state index contributed by atoms with van der Waals surface area (Å²) in [5.41, 5.74) is 1.84. The number of hydrogen-bond acceptors (Lipinski definition) is 5. The highest BCUT2D eigenvalue weighted by Crippen LogP contribution is 2.20. The molecular formula is C19H25N3O3. The van der Waals surface area contributed by atoms with Crippen LogP contribution < -0.4 is 5.32 Å². The minimum Gasteiger partial charge on any atom is -0.436 e. The number of oxazole rings is 1. The Labute approximate surface area is 147 Å². The van der Waals surface area contributed by atoms with Gasteiger partial charge in [-0.3, -0.25) is 9.69 Å². The first-order valence-electron chi connectivity index (χ1n) is 8.69. The normalized spacial score (nSPS) is 21.2. The summed E-state index contributed by atoms with van der Waals surface area (Å²) in [5.74, 6) is 0.536. The number of rotatable bonds is 5. The van der Waals surface area contributed by atoms with Crippen molar-refractivity contribution in [1.82, 2.24) is 15.2 Å². The van der Waals surface area contributed by atoms with E-state index in [2.05, 4.69) is 27.3 Å². The number of carbonyl (C=O) groups excluding carboxylic acids is 1. The highest BCUT2D eigenvalue weighted by Gasteiger charge is 2.31. The molecule has 1 aliphatic rings. The van der Waals surface area contributed by atoms with Crippen LogP contribution in [0.15, 0.2) is 34.7 Å². The van der Waals surface area contributed by atoms with Crippen LogP contribution in [-0.2, 0) is 6.54 Å². The molecule has 134 valence electrons. The average Bonchev–Trinajstić information content (AvgIpc) is 2.94. The Balaban J connectivity index is 1.66. The van der Waals surface area contributed by atoms with Gasteiger partial charge in [0.1, 0.15) is 0 Å². The van der Waals surface area contributed by atoms with Crippen molar-refractivity contribution >= 4 is 5.91 Å². The van der Waals surface area contributed by atoms with E-state index >= 15 is 0 Å². The van der Waals surface area contributed by atoms with Gasteiger partial charge < -0.3 is 14.8 Å². The minimum atomic E-state index is -0.261. The lowest BCUT2D eigenvalue weighted by atomic mass is 9.91. The minimum absolute atomic E-state index is 0.0558. The molecule has 2 heterocycles. The molecule has 1 amide bonds. The number of likely N-dealkylation sites (tertiary alicyclic amines) is 1. The predicted octanol–water partition coefficient (Wildman–Crippen LogP) is 1.90. The van der Waals surface area contributed by atoms with Gasteiger partial charge in [0.25, 0.3) is 5.91 Å². The fourth-order valence-corrected chi connectivity index (χ4v) is 3.41. The fourth-order valence-electron chi connectivity index (χ4n) is 3.41. The molecule has 1 saturated heterocycles. The maximum atomic E-state index is 12.5. The molecule has 0 bridgehead atoms. The van der Waals surface area contributed by atoms with Crippen molar-refractivity contribution in [2.24, 2.45) is 5.92 Å². The molecule has 0 saturated carbocycles. The molecule has 1 aromatic heterocycles. The van der Waals surface area contributed by atoms with E-state index in [0.717, 1.165) is 19.5 Å². The summed E-state index contributed by atoms with van der Waals surface area (Å²) in [6.45, 7) is 6.01. The number of carbonyl (C=O) groups is 1. The van der Waals surface area contributed by atoms with E-state index in [0.29, 0.717) is 18.1 Å². The third-order valence-corrected chi connectivity index (χ3v) is 4.75. The Bertz CT molecular complexity index is 714. The van der Waals surface area contributed by atoms with E-state index in [4.69, 9.17) is 4.42 Å². The topological polar surface area (TPSA) is 78.6 Å². The van der Waals surface area contributed by atoms with Crippen LogP contribution in [-0.4, -0.2) is 46.6 Å². The van der Waals surface area contributed by atoms with Gasteiger partial charge in [0.05, 0.1) is 5.69 Å². The van der Waals surface area contributed by atoms with Crippen molar-refractivity contribution in [3.05, 3.63) is 53.2 Å². The Morgan fingerprint density at radius 3 is 2.76 bits per heavy atom. The number of nitrogens with one attached hydrogen (secondary N) is 1. The average molecular weight is 343 g/mol. The first-order valence-corrected chi connectivity index (χ1v) is 8.69. The molecule has 0 aliphatic carbocycles. The molecule has 0 spiro atoms. The number of aromatic nitrogens is 1. The van der Waals surface area contributed by atoms with Crippen LogP contribution in [0.3, 0.4) is 0 Å². The monoisotopic (exact) mass is 343 g/mol. The van der Waals surface area contributed by atoms with E-state index < -0.39 is 0 Å². The van der Waals surface area contributed by atoms with E-state index in [1.807, 2.05) is 18.2 Å². The van der Waals surface area contributed by atoms with Crippen LogP contribution in [0.4, 0.5) is 0 Å². The number of piperidine rings is 1. The SMILES string of the molecule is Cc1nc(C)c(C(=O)N[C@H]2CN(Cc3ccccc3)CC[C@H]2CO)o1. The standard InChI is InChI=1S/C19H25N3O3/c1-13-18(25-14(2)20-13)19(24)21-17-11-22(9-8-16(17)12-23)10-15-6-4-3-5-7-15/h3-7,16-17,23H,8-12H2,1-2H3,(H,21,24)/t16-,17-/m0/s1. The molecule has 6 heteroatoms. The molecule has 0 unspecified atom stereocenters. The van der Waals surface area contributed by atoms with E-state index in [1.165, 1.54) is 5.56 Å². The summed E-state index contributed by atoms with van der Waals surface area (Å²) in [6.07, 6.45) is 0.850. The van der Waals surface area contributed by atoms with E-state index in [9.17, 15) is 9.90 Å². The Morgan fingerprint density at radius 1 is 1.36 bits per heavy atom. The molecule has 2 atom stereocenters. The lowest BCUT2D eigenvalue weighted by molar-refractivity contribution is 0.0709. The number of aliphatic hydroxyl groups is 1. The van der Waals surface area contributed by atoms with Gasteiger partial charge in [-0.25, -0.2) is 4.98 Å². The molecule has 2 N–H and O–H groups in total. The zero-order valence-electron chi connectivity index (χ0n) is 14.7. The van der Waals surface area contributed by atoms with Crippen molar-refractivity contribution in [2.75, 3.05) is 19.7 Å². The first kappa shape index (κ1) is 17.6. The maximum Gasteiger partial charge on any atom is 0.289 e. The second-order valence-corrected chi connectivity index (χ2v) is 6.68. The number of amides is 1. The van der Waals surface area contributed by atoms with Gasteiger partial charge in [-0.05, 0) is 25.5 Å². The van der Waals surface area contributed by atoms with Gasteiger partial charge in [0, 0.05) is 38.6 Å². The van der Waals surface area contributed by atoms with Crippen LogP contribution in [0.2, 0.25) is 0 Å². The van der Waals surface area contributed by atoms with Gasteiger partial charge in [-0.15, -0.1) is 0 Å². The third-order valence-electron chi connectivity index (χ3n) is 4.75. The summed E-state index contributed by atoms with van der Waals surface area (Å²) >= 11 is 0. The van der Waals surface area contributed by atoms with Crippen molar-refractivity contribution in [2.45, 2.75) is 32.9 Å². The van der Waals surface area contributed by atoms with Gasteiger partial charge >= 0.3 is 0 Å². The number of aryl methyl sites for hydroxylation is 2. The number of nitrogens with zero attached hydrogens (tertiary/aromatic N) is 2. The summed E-state index contributed by atoms with van der Waals surface area (Å²) < 4.78 is 5.41. The second-order valence-electron chi connectivity index (χ2n) is 6.68. The summed E-state index contributed by atoms with van der Waals surface area (Å²) in [6, 6.07) is 10.2. The van der Waals surface area contributed by atoms with Gasteiger partial charge in [-0.2, -0.15) is 0 Å². The third kappa shape index (κ3) is 4.27. The molecule has 0 radical (unpaired) electrons. The van der Waals surface area contributed by atoms with Gasteiger partial charge in [0.2, 0.25) is 5.76 Å². The van der Waals surface area contributed by atoms with Crippen LogP contribution in [0.1, 0.15) is 34.1 Å². The molecule has 1 fully saturated rings. The zero-order valence-corrected chi connectivity index (χ0v) is 14.7. The van der Waals surface area contributed by atoms with E-state index in [1.54, 1.807) is 13.8 Å². The van der Waals surface area contributed by atoms with Gasteiger partial charge in [-0.1, -0.05) is 30.3 Å². The Hall–Kier alpha value is -2.18. The van der Waals surface area contributed by atoms with Crippen molar-refractivity contribution in [1.29, 1.82) is 0 Å². The summed E-state index contributed by atoms with van der Waals surface area (Å²) in [5, 5.41) is 12.7. The second kappa shape index (κ2) is 7.80. The molecule has 2 aromatic rings. The summed E-state index contributed by atoms with van der Waals surface area (Å²) in [4.78, 5) is 19.0. The number of aliphatic hydroxyl groups excluding tert-OH is 1. The smallest absolute Gasteiger partial charge is 0.289 e. The lowest BCUT2D eigenvalue weighted by Crippen LogP contribution is -2.53. The maximum absolute atomic E-state index is 12.5. The Morgan fingerprint density at radius 2 is 2.12 bits per heavy atom. The molecular weight excluding hydrogens is 318 g/mol. The number of hydrogen-bond donors (Lipinski definition) is 2. The van der Waals surface area contributed by atoms with Crippen molar-refractivity contribution in [3.8, 4) is 0 Å². The van der Waals surface area contributed by atoms with Crippen LogP contribution >= 0.6 is 0 Å². The largest absolute Gasteiger partial charge is 0.436 e. The zero-order chi connectivity index (χ0) is 17.8. The first-order chi connectivity index (χ1) is 12.1. The quantitative estimate of drug-likeness (QED) is 0.867. The molecule has 1 aliphatic heterocycles. The summed E-state index contributed by atoms with van der Waals surface area (Å²) in [7, 11) is 0. The fraction of sp³-hybridized carbons (Fsp3) is 0.474. The van der Waals surface area contributed by atoms with E-state index in [-0.39, 0.29) is 30.2 Å². The van der Waals surface area contributed by atoms with Crippen LogP contribution in [0, 0.1) is 19.8 Å². The Kier molecular flexibility index (Phi) is 5.50. The van der Waals surface area contributed by atoms with Gasteiger partial charge in [0.15, 0.2) is 5.89 Å². The molecule has 1 aromatic carbocycles. The predicted molar refractivity (Wildman–Crippen MR) is 94.1 cm³/mol. The highest BCUT2D eigenvalue weighted by atomic mass is 16.4. The highest BCUT2D eigenvalue weighted by molar-refractivity contribution is 5.92. The molecule has 6 nitrogen and oxygen atoms in total. The van der Waals surface area contributed by atoms with Crippen molar-refractivity contribution < 1.29 is 14.3 Å². The molecule has 25 heavy (non-hydrogen) atoms.